The third kappa shape index (κ3) is 2.70. The monoisotopic (exact) mass is 199 g/mol. The van der Waals surface area contributed by atoms with E-state index in [0.29, 0.717) is 6.54 Å². The van der Waals surface area contributed by atoms with Crippen LogP contribution in [0.2, 0.25) is 0 Å². The summed E-state index contributed by atoms with van der Waals surface area (Å²) in [6, 6.07) is 0. The van der Waals surface area contributed by atoms with Crippen molar-refractivity contribution in [3.63, 3.8) is 0 Å². The molecule has 0 bridgehead atoms. The number of carbonyl (C=O) groups excluding carboxylic acids is 2. The number of hydrogen-bond donors (Lipinski definition) is 2. The number of amides is 2. The summed E-state index contributed by atoms with van der Waals surface area (Å²) in [6.07, 6.45) is 2.27. The average Bonchev–Trinajstić information content (AvgIpc) is 2.20. The predicted molar refractivity (Wildman–Crippen MR) is 51.9 cm³/mol. The Morgan fingerprint density at radius 2 is 2.43 bits per heavy atom. The van der Waals surface area contributed by atoms with E-state index < -0.39 is 0 Å². The van der Waals surface area contributed by atoms with Crippen LogP contribution < -0.4 is 11.3 Å². The van der Waals surface area contributed by atoms with Crippen molar-refractivity contribution >= 4 is 11.8 Å². The molecular formula is C9H17N3O2. The Kier molecular flexibility index (Phi) is 3.88. The van der Waals surface area contributed by atoms with Crippen molar-refractivity contribution < 1.29 is 9.59 Å². The van der Waals surface area contributed by atoms with Gasteiger partial charge in [-0.05, 0) is 12.8 Å². The molecule has 0 aromatic heterocycles. The molecule has 1 atom stereocenters. The number of likely N-dealkylation sites (tertiary alicyclic amines) is 1. The summed E-state index contributed by atoms with van der Waals surface area (Å²) in [4.78, 5) is 24.2. The molecular weight excluding hydrogens is 182 g/mol. The van der Waals surface area contributed by atoms with Crippen LogP contribution in [-0.4, -0.2) is 29.8 Å². The highest BCUT2D eigenvalue weighted by Gasteiger charge is 2.24. The summed E-state index contributed by atoms with van der Waals surface area (Å²) >= 11 is 0. The largest absolute Gasteiger partial charge is 0.342 e. The third-order valence-electron chi connectivity index (χ3n) is 2.57. The number of hydrazine groups is 1. The number of nitrogens with zero attached hydrogens (tertiary/aromatic N) is 1. The molecule has 14 heavy (non-hydrogen) atoms. The van der Waals surface area contributed by atoms with E-state index in [1.807, 2.05) is 6.92 Å². The van der Waals surface area contributed by atoms with Gasteiger partial charge in [-0.15, -0.1) is 0 Å². The molecule has 0 aliphatic carbocycles. The second kappa shape index (κ2) is 4.95. The standard InChI is InChI=1S/C9H17N3O2/c1-7-3-2-5-12(9(7)14)6-4-8(13)11-10/h7H,2-6,10H2,1H3,(H,11,13). The molecule has 3 N–H and O–H groups in total. The molecule has 0 aromatic rings. The maximum Gasteiger partial charge on any atom is 0.235 e. The van der Waals surface area contributed by atoms with E-state index in [0.717, 1.165) is 19.4 Å². The van der Waals surface area contributed by atoms with Gasteiger partial charge in [0.25, 0.3) is 0 Å². The first kappa shape index (κ1) is 11.0. The highest BCUT2D eigenvalue weighted by Crippen LogP contribution is 2.16. The van der Waals surface area contributed by atoms with Gasteiger partial charge < -0.3 is 4.90 Å². The van der Waals surface area contributed by atoms with Gasteiger partial charge in [-0.3, -0.25) is 15.0 Å². The molecule has 0 saturated carbocycles. The number of piperidine rings is 1. The Bertz CT molecular complexity index is 230. The minimum Gasteiger partial charge on any atom is -0.342 e. The molecule has 0 radical (unpaired) electrons. The van der Waals surface area contributed by atoms with E-state index in [2.05, 4.69) is 5.43 Å². The summed E-state index contributed by atoms with van der Waals surface area (Å²) < 4.78 is 0. The number of nitrogens with one attached hydrogen (secondary N) is 1. The van der Waals surface area contributed by atoms with Crippen molar-refractivity contribution in [3.8, 4) is 0 Å². The van der Waals surface area contributed by atoms with Crippen molar-refractivity contribution in [2.45, 2.75) is 26.2 Å². The van der Waals surface area contributed by atoms with Crippen LogP contribution in [0.5, 0.6) is 0 Å². The van der Waals surface area contributed by atoms with Gasteiger partial charge in [-0.1, -0.05) is 6.92 Å². The molecule has 5 heteroatoms. The highest BCUT2D eigenvalue weighted by molar-refractivity contribution is 5.80. The van der Waals surface area contributed by atoms with Gasteiger partial charge >= 0.3 is 0 Å². The highest BCUT2D eigenvalue weighted by atomic mass is 16.2. The number of carbonyl (C=O) groups is 2. The molecule has 1 heterocycles. The minimum absolute atomic E-state index is 0.102. The van der Waals surface area contributed by atoms with Gasteiger partial charge in [-0.2, -0.15) is 0 Å². The smallest absolute Gasteiger partial charge is 0.235 e. The maximum absolute atomic E-state index is 11.6. The van der Waals surface area contributed by atoms with Crippen molar-refractivity contribution in [2.75, 3.05) is 13.1 Å². The molecule has 2 amide bonds. The second-order valence-corrected chi connectivity index (χ2v) is 3.69. The van der Waals surface area contributed by atoms with Gasteiger partial charge in [0, 0.05) is 25.4 Å². The predicted octanol–water partition coefficient (Wildman–Crippen LogP) is -0.375. The molecule has 1 unspecified atom stereocenters. The summed E-state index contributed by atoms with van der Waals surface area (Å²) in [6.45, 7) is 3.17. The van der Waals surface area contributed by atoms with Crippen LogP contribution in [0.15, 0.2) is 0 Å². The molecule has 1 saturated heterocycles. The maximum atomic E-state index is 11.6. The molecule has 1 rings (SSSR count). The quantitative estimate of drug-likeness (QED) is 0.370. The fourth-order valence-electron chi connectivity index (χ4n) is 1.66. The Labute approximate surface area is 83.6 Å². The summed E-state index contributed by atoms with van der Waals surface area (Å²) in [7, 11) is 0. The van der Waals surface area contributed by atoms with Crippen LogP contribution in [0.3, 0.4) is 0 Å². The molecule has 1 fully saturated rings. The zero-order valence-electron chi connectivity index (χ0n) is 8.45. The van der Waals surface area contributed by atoms with Gasteiger partial charge in [0.1, 0.15) is 0 Å². The van der Waals surface area contributed by atoms with Gasteiger partial charge in [0.15, 0.2) is 0 Å². The zero-order valence-corrected chi connectivity index (χ0v) is 8.45. The van der Waals surface area contributed by atoms with Crippen molar-refractivity contribution in [1.82, 2.24) is 10.3 Å². The van der Waals surface area contributed by atoms with E-state index in [1.54, 1.807) is 4.90 Å². The lowest BCUT2D eigenvalue weighted by atomic mass is 9.99. The molecule has 5 nitrogen and oxygen atoms in total. The Morgan fingerprint density at radius 3 is 3.07 bits per heavy atom. The Balaban J connectivity index is 2.36. The van der Waals surface area contributed by atoms with Gasteiger partial charge in [-0.25, -0.2) is 5.84 Å². The van der Waals surface area contributed by atoms with Crippen molar-refractivity contribution in [2.24, 2.45) is 11.8 Å². The third-order valence-corrected chi connectivity index (χ3v) is 2.57. The second-order valence-electron chi connectivity index (χ2n) is 3.69. The molecule has 1 aliphatic heterocycles. The van der Waals surface area contributed by atoms with Crippen LogP contribution in [0.25, 0.3) is 0 Å². The SMILES string of the molecule is CC1CCCN(CCC(=O)NN)C1=O. The van der Waals surface area contributed by atoms with Crippen LogP contribution in [0.4, 0.5) is 0 Å². The molecule has 0 aromatic carbocycles. The summed E-state index contributed by atoms with van der Waals surface area (Å²) in [5, 5.41) is 0. The lowest BCUT2D eigenvalue weighted by molar-refractivity contribution is -0.138. The van der Waals surface area contributed by atoms with E-state index in [4.69, 9.17) is 5.84 Å². The average molecular weight is 199 g/mol. The zero-order chi connectivity index (χ0) is 10.6. The number of rotatable bonds is 3. The number of hydrogen-bond acceptors (Lipinski definition) is 3. The van der Waals surface area contributed by atoms with Crippen molar-refractivity contribution in [3.05, 3.63) is 0 Å². The van der Waals surface area contributed by atoms with Crippen LogP contribution in [-0.2, 0) is 9.59 Å². The molecule has 80 valence electrons. The van der Waals surface area contributed by atoms with Gasteiger partial charge in [0.05, 0.1) is 0 Å². The lowest BCUT2D eigenvalue weighted by Crippen LogP contribution is -2.42. The summed E-state index contributed by atoms with van der Waals surface area (Å²) in [5.74, 6) is 4.98. The fraction of sp³-hybridized carbons (Fsp3) is 0.778. The van der Waals surface area contributed by atoms with E-state index >= 15 is 0 Å². The normalized spacial score (nSPS) is 22.3. The van der Waals surface area contributed by atoms with Gasteiger partial charge in [0.2, 0.25) is 11.8 Å². The van der Waals surface area contributed by atoms with E-state index in [9.17, 15) is 9.59 Å². The Morgan fingerprint density at radius 1 is 1.71 bits per heavy atom. The topological polar surface area (TPSA) is 75.4 Å². The first-order chi connectivity index (χ1) is 6.65. The van der Waals surface area contributed by atoms with Crippen molar-refractivity contribution in [1.29, 1.82) is 0 Å². The van der Waals surface area contributed by atoms with E-state index in [1.165, 1.54) is 0 Å². The minimum atomic E-state index is -0.226. The molecule has 0 spiro atoms. The Hall–Kier alpha value is -1.10. The summed E-state index contributed by atoms with van der Waals surface area (Å²) in [5.41, 5.74) is 2.05. The van der Waals surface area contributed by atoms with Crippen LogP contribution in [0.1, 0.15) is 26.2 Å². The van der Waals surface area contributed by atoms with E-state index in [-0.39, 0.29) is 24.2 Å². The fourth-order valence-corrected chi connectivity index (χ4v) is 1.66. The first-order valence-corrected chi connectivity index (χ1v) is 4.93. The lowest BCUT2D eigenvalue weighted by Gasteiger charge is -2.30. The first-order valence-electron chi connectivity index (χ1n) is 4.93. The number of nitrogens with two attached hydrogens (primary N) is 1. The van der Waals surface area contributed by atoms with Crippen LogP contribution >= 0.6 is 0 Å². The molecule has 1 aliphatic rings. The van der Waals surface area contributed by atoms with Crippen LogP contribution in [0, 0.1) is 5.92 Å².